The van der Waals surface area contributed by atoms with Crippen molar-refractivity contribution >= 4 is 11.5 Å². The van der Waals surface area contributed by atoms with Gasteiger partial charge in [-0.05, 0) is 55.5 Å². The molecule has 0 N–H and O–H groups in total. The summed E-state index contributed by atoms with van der Waals surface area (Å²) < 4.78 is 0. The Morgan fingerprint density at radius 2 is 1.11 bits per heavy atom. The first-order chi connectivity index (χ1) is 13.2. The van der Waals surface area contributed by atoms with Gasteiger partial charge in [0.25, 0.3) is 0 Å². The van der Waals surface area contributed by atoms with Gasteiger partial charge in [-0.3, -0.25) is 4.98 Å². The first-order valence-corrected chi connectivity index (χ1v) is 8.88. The summed E-state index contributed by atoms with van der Waals surface area (Å²) in [7, 11) is 2.02. The van der Waals surface area contributed by atoms with E-state index < -0.39 is 0 Å². The highest BCUT2D eigenvalue weighted by atomic mass is 15.2. The van der Waals surface area contributed by atoms with Crippen LogP contribution in [0.3, 0.4) is 0 Å². The van der Waals surface area contributed by atoms with Crippen molar-refractivity contribution in [1.82, 2.24) is 15.0 Å². The number of hydrogen-bond acceptors (Lipinski definition) is 4. The highest BCUT2D eigenvalue weighted by molar-refractivity contribution is 5.65. The molecule has 0 saturated carbocycles. The van der Waals surface area contributed by atoms with Crippen LogP contribution in [0.25, 0.3) is 22.8 Å². The Kier molecular flexibility index (Phi) is 4.62. The second-order valence-electron chi connectivity index (χ2n) is 6.35. The molecule has 0 atom stereocenters. The van der Waals surface area contributed by atoms with Crippen molar-refractivity contribution in [1.29, 1.82) is 0 Å². The molecule has 0 radical (unpaired) electrons. The van der Waals surface area contributed by atoms with Gasteiger partial charge in [-0.15, -0.1) is 0 Å². The molecule has 0 aliphatic carbocycles. The molecule has 27 heavy (non-hydrogen) atoms. The van der Waals surface area contributed by atoms with E-state index in [1.165, 1.54) is 0 Å². The summed E-state index contributed by atoms with van der Waals surface area (Å²) in [6, 6.07) is 28.1. The van der Waals surface area contributed by atoms with Crippen molar-refractivity contribution in [2.75, 3.05) is 11.9 Å². The summed E-state index contributed by atoms with van der Waals surface area (Å²) in [5.74, 6) is 0.875. The lowest BCUT2D eigenvalue weighted by molar-refractivity contribution is 1.12. The van der Waals surface area contributed by atoms with Gasteiger partial charge >= 0.3 is 0 Å². The van der Waals surface area contributed by atoms with Crippen LogP contribution in [0.5, 0.6) is 0 Å². The summed E-state index contributed by atoms with van der Waals surface area (Å²) in [5, 5.41) is 0. The van der Waals surface area contributed by atoms with Gasteiger partial charge in [0.1, 0.15) is 5.82 Å². The van der Waals surface area contributed by atoms with Crippen molar-refractivity contribution in [2.45, 2.75) is 6.92 Å². The quantitative estimate of drug-likeness (QED) is 0.501. The Bertz CT molecular complexity index is 1060. The Morgan fingerprint density at radius 1 is 0.556 bits per heavy atom. The van der Waals surface area contributed by atoms with Gasteiger partial charge in [-0.2, -0.15) is 0 Å². The molecule has 4 nitrogen and oxygen atoms in total. The minimum atomic E-state index is 0.833. The lowest BCUT2D eigenvalue weighted by Gasteiger charge is -2.18. The number of aromatic nitrogens is 3. The summed E-state index contributed by atoms with van der Waals surface area (Å²) in [5.41, 5.74) is 5.45. The molecular formula is C23H20N4. The van der Waals surface area contributed by atoms with Gasteiger partial charge in [-0.1, -0.05) is 36.4 Å². The zero-order chi connectivity index (χ0) is 18.6. The fourth-order valence-corrected chi connectivity index (χ4v) is 2.94. The van der Waals surface area contributed by atoms with Crippen LogP contribution < -0.4 is 4.90 Å². The number of hydrogen-bond donors (Lipinski definition) is 0. The fraction of sp³-hybridized carbons (Fsp3) is 0.0870. The molecule has 4 rings (SSSR count). The van der Waals surface area contributed by atoms with E-state index >= 15 is 0 Å². The molecule has 0 fully saturated rings. The number of benzene rings is 1. The Labute approximate surface area is 159 Å². The molecule has 1 aromatic carbocycles. The van der Waals surface area contributed by atoms with E-state index in [1.807, 2.05) is 86.8 Å². The van der Waals surface area contributed by atoms with Crippen LogP contribution in [0.2, 0.25) is 0 Å². The molecule has 0 bridgehead atoms. The third-order valence-electron chi connectivity index (χ3n) is 4.38. The van der Waals surface area contributed by atoms with E-state index in [4.69, 9.17) is 9.97 Å². The predicted molar refractivity (Wildman–Crippen MR) is 110 cm³/mol. The normalized spacial score (nSPS) is 10.6. The molecule has 4 aromatic rings. The third-order valence-corrected chi connectivity index (χ3v) is 4.38. The Morgan fingerprint density at radius 3 is 1.78 bits per heavy atom. The number of rotatable bonds is 4. The van der Waals surface area contributed by atoms with Crippen LogP contribution in [0.1, 0.15) is 5.69 Å². The minimum Gasteiger partial charge on any atom is -0.329 e. The van der Waals surface area contributed by atoms with E-state index in [1.54, 1.807) is 0 Å². The zero-order valence-electron chi connectivity index (χ0n) is 15.4. The van der Waals surface area contributed by atoms with Crippen LogP contribution in [-0.2, 0) is 0 Å². The van der Waals surface area contributed by atoms with Gasteiger partial charge < -0.3 is 4.90 Å². The van der Waals surface area contributed by atoms with E-state index in [2.05, 4.69) is 22.0 Å². The van der Waals surface area contributed by atoms with Crippen LogP contribution >= 0.6 is 0 Å². The van der Waals surface area contributed by atoms with Crippen molar-refractivity contribution < 1.29 is 0 Å². The first kappa shape index (κ1) is 16.9. The molecule has 0 aliphatic heterocycles. The van der Waals surface area contributed by atoms with Gasteiger partial charge in [0.15, 0.2) is 0 Å². The molecule has 0 saturated heterocycles. The largest absolute Gasteiger partial charge is 0.329 e. The molecular weight excluding hydrogens is 332 g/mol. The van der Waals surface area contributed by atoms with Gasteiger partial charge in [0.2, 0.25) is 0 Å². The molecule has 3 aromatic heterocycles. The maximum Gasteiger partial charge on any atom is 0.133 e. The number of nitrogens with zero attached hydrogens (tertiary/aromatic N) is 4. The second kappa shape index (κ2) is 7.38. The first-order valence-electron chi connectivity index (χ1n) is 8.88. The van der Waals surface area contributed by atoms with E-state index in [-0.39, 0.29) is 0 Å². The predicted octanol–water partition coefficient (Wildman–Crippen LogP) is 5.28. The molecule has 0 aliphatic rings. The van der Waals surface area contributed by atoms with Gasteiger partial charge in [-0.25, -0.2) is 9.97 Å². The minimum absolute atomic E-state index is 0.833. The van der Waals surface area contributed by atoms with Gasteiger partial charge in [0, 0.05) is 18.4 Å². The van der Waals surface area contributed by atoms with E-state index in [0.29, 0.717) is 0 Å². The van der Waals surface area contributed by atoms with Crippen LogP contribution in [-0.4, -0.2) is 22.0 Å². The summed E-state index contributed by atoms with van der Waals surface area (Å²) >= 11 is 0. The maximum atomic E-state index is 4.81. The number of aryl methyl sites for hydroxylation is 1. The topological polar surface area (TPSA) is 41.9 Å². The second-order valence-corrected chi connectivity index (χ2v) is 6.35. The SMILES string of the molecule is Cc1cccc(-c2cccc(-c3cccc(N(C)c4ccccc4)n3)n2)n1. The lowest BCUT2D eigenvalue weighted by atomic mass is 10.2. The molecule has 132 valence electrons. The van der Waals surface area contributed by atoms with E-state index in [9.17, 15) is 0 Å². The number of anilines is 2. The summed E-state index contributed by atoms with van der Waals surface area (Å²) in [4.78, 5) is 16.2. The van der Waals surface area contributed by atoms with Crippen LogP contribution in [0, 0.1) is 6.92 Å². The average Bonchev–Trinajstić information content (AvgIpc) is 2.74. The number of pyridine rings is 3. The van der Waals surface area contributed by atoms with Gasteiger partial charge in [0.05, 0.1) is 22.8 Å². The summed E-state index contributed by atoms with van der Waals surface area (Å²) in [6.07, 6.45) is 0. The summed E-state index contributed by atoms with van der Waals surface area (Å²) in [6.45, 7) is 1.98. The average molecular weight is 352 g/mol. The molecule has 0 amide bonds. The van der Waals surface area contributed by atoms with Crippen LogP contribution in [0.15, 0.2) is 84.9 Å². The molecule has 3 heterocycles. The van der Waals surface area contributed by atoms with Crippen molar-refractivity contribution in [3.8, 4) is 22.8 Å². The van der Waals surface area contributed by atoms with Crippen LogP contribution in [0.4, 0.5) is 11.5 Å². The lowest BCUT2D eigenvalue weighted by Crippen LogP contribution is -2.11. The highest BCUT2D eigenvalue weighted by Gasteiger charge is 2.09. The van der Waals surface area contributed by atoms with E-state index in [0.717, 1.165) is 40.0 Å². The number of para-hydroxylation sites is 1. The van der Waals surface area contributed by atoms with Crippen molar-refractivity contribution in [2.24, 2.45) is 0 Å². The monoisotopic (exact) mass is 352 g/mol. The smallest absolute Gasteiger partial charge is 0.133 e. The zero-order valence-corrected chi connectivity index (χ0v) is 15.4. The Balaban J connectivity index is 1.69. The van der Waals surface area contributed by atoms with Crippen molar-refractivity contribution in [3.63, 3.8) is 0 Å². The third kappa shape index (κ3) is 3.70. The molecule has 0 spiro atoms. The maximum absolute atomic E-state index is 4.81. The fourth-order valence-electron chi connectivity index (χ4n) is 2.94. The standard InChI is InChI=1S/C23H20N4/c1-17-9-6-12-19(24-17)20-13-7-14-21(25-20)22-15-8-16-23(26-22)27(2)18-10-4-3-5-11-18/h3-16H,1-2H3. The highest BCUT2D eigenvalue weighted by Crippen LogP contribution is 2.25. The molecule has 4 heteroatoms. The molecule has 0 unspecified atom stereocenters. The Hall–Kier alpha value is -3.53. The van der Waals surface area contributed by atoms with Crippen molar-refractivity contribution in [3.05, 3.63) is 90.6 Å².